The van der Waals surface area contributed by atoms with Crippen LogP contribution < -0.4 is 21.7 Å². The van der Waals surface area contributed by atoms with Gasteiger partial charge in [-0.1, -0.05) is 11.6 Å². The topological polar surface area (TPSA) is 185 Å². The van der Waals surface area contributed by atoms with Crippen molar-refractivity contribution in [1.29, 1.82) is 5.26 Å². The Kier molecular flexibility index (Phi) is 8.79. The Labute approximate surface area is 230 Å². The molecule has 3 heterocycles. The molecule has 0 aliphatic carbocycles. The number of nitriles is 1. The number of anilines is 1. The number of carbonyl (C=O) groups excluding carboxylic acids is 2. The van der Waals surface area contributed by atoms with Crippen LogP contribution in [-0.4, -0.2) is 56.0 Å². The number of alkyl halides is 3. The van der Waals surface area contributed by atoms with Crippen molar-refractivity contribution in [3.8, 4) is 6.07 Å². The van der Waals surface area contributed by atoms with E-state index in [1.54, 1.807) is 20.8 Å². The molecule has 40 heavy (non-hydrogen) atoms. The number of hydrogen-bond donors (Lipinski definition) is 4. The van der Waals surface area contributed by atoms with Crippen molar-refractivity contribution in [2.75, 3.05) is 11.9 Å². The van der Waals surface area contributed by atoms with E-state index in [-0.39, 0.29) is 29.3 Å². The zero-order valence-corrected chi connectivity index (χ0v) is 21.9. The van der Waals surface area contributed by atoms with Gasteiger partial charge in [0, 0.05) is 18.1 Å². The molecule has 0 unspecified atom stereocenters. The van der Waals surface area contributed by atoms with Crippen molar-refractivity contribution in [3.63, 3.8) is 0 Å². The lowest BCUT2D eigenvalue weighted by molar-refractivity contribution is -0.117. The number of aliphatic imine (C=N–C) groups is 1. The molecule has 1 aliphatic rings. The van der Waals surface area contributed by atoms with E-state index >= 15 is 0 Å². The zero-order valence-electron chi connectivity index (χ0n) is 21.2. The summed E-state index contributed by atoms with van der Waals surface area (Å²) in [5.74, 6) is -1.72. The molecule has 0 aromatic carbocycles. The normalized spacial score (nSPS) is 14.6. The smallest absolute Gasteiger partial charge is 0.434 e. The van der Waals surface area contributed by atoms with E-state index in [0.29, 0.717) is 6.20 Å². The van der Waals surface area contributed by atoms with E-state index in [2.05, 4.69) is 36.1 Å². The Balaban J connectivity index is 1.92. The molecule has 0 saturated heterocycles. The van der Waals surface area contributed by atoms with Gasteiger partial charge in [-0.2, -0.15) is 28.6 Å². The monoisotopic (exact) mass is 578 g/mol. The standard InChI is InChI=1S/C23H22ClF3N10O3/c1-22(2,3)40-21(39)35-15-4-5-30-18(16(15)24)36-17(23(25,26)27)14(10-29)20(38)34-13-8-12(9-28)19(31-11-13)37-32-6-7-33-37/h4-8,10,31H,11,29H2,1-3H3,(H,34,38)(H,30,35,39). The lowest BCUT2D eigenvalue weighted by atomic mass is 10.1. The third-order valence-electron chi connectivity index (χ3n) is 4.69. The van der Waals surface area contributed by atoms with Crippen LogP contribution in [0.2, 0.25) is 5.02 Å². The summed E-state index contributed by atoms with van der Waals surface area (Å²) in [6, 6.07) is 3.11. The summed E-state index contributed by atoms with van der Waals surface area (Å²) in [5, 5.41) is 24.2. The largest absolute Gasteiger partial charge is 0.444 e. The molecule has 2 aromatic rings. The van der Waals surface area contributed by atoms with Gasteiger partial charge < -0.3 is 21.1 Å². The van der Waals surface area contributed by atoms with Crippen molar-refractivity contribution in [3.05, 3.63) is 58.8 Å². The minimum absolute atomic E-state index is 0.00558. The lowest BCUT2D eigenvalue weighted by Crippen LogP contribution is -2.38. The number of aromatic nitrogens is 4. The Bertz CT molecular complexity index is 1470. The Morgan fingerprint density at radius 3 is 2.50 bits per heavy atom. The summed E-state index contributed by atoms with van der Waals surface area (Å²) in [5.41, 5.74) is 1.72. The SMILES string of the molecule is CC(C)(C)OC(=O)Nc1ccnc(N=C(C(=CN)C(=O)NC2=CC(C#N)=C(n3nccn3)NC2)C(F)(F)F)c1Cl. The molecule has 1 aliphatic heterocycles. The van der Waals surface area contributed by atoms with E-state index < -0.39 is 45.9 Å². The zero-order chi connectivity index (χ0) is 29.7. The van der Waals surface area contributed by atoms with Crippen molar-refractivity contribution >= 4 is 46.6 Å². The van der Waals surface area contributed by atoms with Gasteiger partial charge in [-0.05, 0) is 32.9 Å². The number of amides is 2. The highest BCUT2D eigenvalue weighted by atomic mass is 35.5. The Morgan fingerprint density at radius 2 is 1.93 bits per heavy atom. The molecule has 3 rings (SSSR count). The maximum Gasteiger partial charge on any atom is 0.434 e. The molecule has 5 N–H and O–H groups in total. The fourth-order valence-electron chi connectivity index (χ4n) is 3.12. The molecule has 210 valence electrons. The highest BCUT2D eigenvalue weighted by molar-refractivity contribution is 6.36. The molecule has 0 bridgehead atoms. The van der Waals surface area contributed by atoms with Gasteiger partial charge in [0.2, 0.25) is 0 Å². The van der Waals surface area contributed by atoms with Gasteiger partial charge >= 0.3 is 12.3 Å². The fraction of sp³-hybridized carbons (Fsp3) is 0.261. The van der Waals surface area contributed by atoms with Crippen molar-refractivity contribution < 1.29 is 27.5 Å². The van der Waals surface area contributed by atoms with E-state index in [0.717, 1.165) is 11.0 Å². The average Bonchev–Trinajstić information content (AvgIpc) is 3.39. The highest BCUT2D eigenvalue weighted by Crippen LogP contribution is 2.33. The Hall–Kier alpha value is -4.91. The minimum atomic E-state index is -5.18. The number of nitrogens with zero attached hydrogens (tertiary/aromatic N) is 6. The molecule has 17 heteroatoms. The predicted molar refractivity (Wildman–Crippen MR) is 138 cm³/mol. The van der Waals surface area contributed by atoms with Crippen LogP contribution in [0.1, 0.15) is 20.8 Å². The number of ether oxygens (including phenoxy) is 1. The quantitative estimate of drug-likeness (QED) is 0.295. The van der Waals surface area contributed by atoms with E-state index in [4.69, 9.17) is 22.1 Å². The van der Waals surface area contributed by atoms with E-state index in [9.17, 15) is 28.0 Å². The van der Waals surface area contributed by atoms with E-state index in [1.807, 2.05) is 6.07 Å². The first-order chi connectivity index (χ1) is 18.7. The summed E-state index contributed by atoms with van der Waals surface area (Å²) in [6.07, 6.45) is -0.613. The molecule has 0 atom stereocenters. The molecule has 2 amide bonds. The van der Waals surface area contributed by atoms with Gasteiger partial charge in [0.15, 0.2) is 17.4 Å². The van der Waals surface area contributed by atoms with E-state index in [1.165, 1.54) is 24.5 Å². The number of nitrogens with one attached hydrogen (secondary N) is 3. The van der Waals surface area contributed by atoms with Crippen LogP contribution in [0.3, 0.4) is 0 Å². The van der Waals surface area contributed by atoms with Crippen molar-refractivity contribution in [2.45, 2.75) is 32.5 Å². The average molecular weight is 579 g/mol. The summed E-state index contributed by atoms with van der Waals surface area (Å²) in [7, 11) is 0. The molecule has 0 saturated carbocycles. The van der Waals surface area contributed by atoms with Crippen LogP contribution in [-0.2, 0) is 9.53 Å². The van der Waals surface area contributed by atoms with Crippen LogP contribution in [0.4, 0.5) is 29.5 Å². The van der Waals surface area contributed by atoms with Gasteiger partial charge in [0.1, 0.15) is 16.7 Å². The lowest BCUT2D eigenvalue weighted by Gasteiger charge is -2.20. The van der Waals surface area contributed by atoms with Gasteiger partial charge in [0.05, 0.1) is 35.8 Å². The van der Waals surface area contributed by atoms with Crippen molar-refractivity contribution in [2.24, 2.45) is 10.7 Å². The number of halogens is 4. The van der Waals surface area contributed by atoms with Gasteiger partial charge in [0.25, 0.3) is 5.91 Å². The van der Waals surface area contributed by atoms with Gasteiger partial charge in [-0.3, -0.25) is 10.1 Å². The van der Waals surface area contributed by atoms with Crippen LogP contribution in [0.15, 0.2) is 58.8 Å². The maximum atomic E-state index is 14.1. The first kappa shape index (κ1) is 29.6. The fourth-order valence-corrected chi connectivity index (χ4v) is 3.32. The molecular weight excluding hydrogens is 557 g/mol. The number of carbonyl (C=O) groups is 2. The minimum Gasteiger partial charge on any atom is -0.444 e. The second kappa shape index (κ2) is 11.9. The summed E-state index contributed by atoms with van der Waals surface area (Å²) < 4.78 is 47.3. The van der Waals surface area contributed by atoms with Gasteiger partial charge in [-0.25, -0.2) is 14.8 Å². The van der Waals surface area contributed by atoms with Crippen molar-refractivity contribution in [1.82, 2.24) is 30.6 Å². The second-order valence-electron chi connectivity index (χ2n) is 8.83. The van der Waals surface area contributed by atoms with Gasteiger partial charge in [-0.15, -0.1) is 4.80 Å². The molecular formula is C23H22ClF3N10O3. The van der Waals surface area contributed by atoms with Crippen LogP contribution in [0.25, 0.3) is 5.82 Å². The molecule has 0 radical (unpaired) electrons. The first-order valence-corrected chi connectivity index (χ1v) is 11.6. The summed E-state index contributed by atoms with van der Waals surface area (Å²) in [4.78, 5) is 33.3. The number of hydrogen-bond acceptors (Lipinski definition) is 10. The third kappa shape index (κ3) is 7.35. The van der Waals surface area contributed by atoms with Crippen LogP contribution >= 0.6 is 11.6 Å². The molecule has 0 fully saturated rings. The highest BCUT2D eigenvalue weighted by Gasteiger charge is 2.41. The van der Waals surface area contributed by atoms with Crippen LogP contribution in [0.5, 0.6) is 0 Å². The summed E-state index contributed by atoms with van der Waals surface area (Å²) >= 11 is 6.17. The number of allylic oxidation sites excluding steroid dienone is 2. The van der Waals surface area contributed by atoms with Crippen LogP contribution in [0, 0.1) is 11.3 Å². The predicted octanol–water partition coefficient (Wildman–Crippen LogP) is 3.15. The molecule has 0 spiro atoms. The summed E-state index contributed by atoms with van der Waals surface area (Å²) in [6.45, 7) is 4.76. The number of nitrogens with two attached hydrogens (primary N) is 1. The maximum absolute atomic E-state index is 14.1. The Morgan fingerprint density at radius 1 is 1.25 bits per heavy atom. The first-order valence-electron chi connectivity index (χ1n) is 11.2. The number of pyridine rings is 1. The molecule has 2 aromatic heterocycles. The number of rotatable bonds is 6. The second-order valence-corrected chi connectivity index (χ2v) is 9.21. The number of dihydropyridines is 1. The third-order valence-corrected chi connectivity index (χ3v) is 5.06. The molecule has 13 nitrogen and oxygen atoms in total.